The molecule has 0 saturated carbocycles. The zero-order valence-electron chi connectivity index (χ0n) is 14.0. The van der Waals surface area contributed by atoms with Gasteiger partial charge in [-0.05, 0) is 31.5 Å². The van der Waals surface area contributed by atoms with Gasteiger partial charge >= 0.3 is 6.18 Å². The van der Waals surface area contributed by atoms with Crippen LogP contribution < -0.4 is 9.62 Å². The van der Waals surface area contributed by atoms with Gasteiger partial charge < -0.3 is 5.32 Å². The minimum absolute atomic E-state index is 0.184. The second-order valence-corrected chi connectivity index (χ2v) is 8.00. The lowest BCUT2D eigenvalue weighted by Gasteiger charge is -2.24. The Morgan fingerprint density at radius 1 is 1.36 bits per heavy atom. The molecule has 5 nitrogen and oxygen atoms in total. The highest BCUT2D eigenvalue weighted by molar-refractivity contribution is 7.92. The van der Waals surface area contributed by atoms with Gasteiger partial charge in [0.05, 0.1) is 22.5 Å². The quantitative estimate of drug-likeness (QED) is 0.762. The largest absolute Gasteiger partial charge is 0.416 e. The van der Waals surface area contributed by atoms with E-state index in [1.54, 1.807) is 6.92 Å². The maximum atomic E-state index is 12.9. The number of hydrogen-bond donors (Lipinski definition) is 1. The lowest BCUT2D eigenvalue weighted by atomic mass is 10.2. The van der Waals surface area contributed by atoms with Gasteiger partial charge in [0.15, 0.2) is 0 Å². The van der Waals surface area contributed by atoms with E-state index in [0.29, 0.717) is 16.8 Å². The Balaban J connectivity index is 3.19. The van der Waals surface area contributed by atoms with Gasteiger partial charge in [-0.1, -0.05) is 24.9 Å². The van der Waals surface area contributed by atoms with Crippen molar-refractivity contribution in [2.45, 2.75) is 38.9 Å². The summed E-state index contributed by atoms with van der Waals surface area (Å²) in [6.45, 7) is 3.02. The second-order valence-electron chi connectivity index (χ2n) is 5.69. The summed E-state index contributed by atoms with van der Waals surface area (Å²) in [6.07, 6.45) is -2.36. The van der Waals surface area contributed by atoms with Crippen molar-refractivity contribution in [3.63, 3.8) is 0 Å². The summed E-state index contributed by atoms with van der Waals surface area (Å²) in [5.41, 5.74) is -1.45. The summed E-state index contributed by atoms with van der Waals surface area (Å²) < 4.78 is 63.2. The molecule has 0 bridgehead atoms. The molecule has 0 aromatic heterocycles. The van der Waals surface area contributed by atoms with Gasteiger partial charge in [-0.15, -0.1) is 0 Å². The summed E-state index contributed by atoms with van der Waals surface area (Å²) in [5.74, 6) is -0.625. The van der Waals surface area contributed by atoms with Crippen LogP contribution in [0.25, 0.3) is 0 Å². The molecule has 1 aromatic rings. The molecule has 0 aliphatic carbocycles. The predicted molar refractivity (Wildman–Crippen MR) is 91.2 cm³/mol. The first-order valence-corrected chi connectivity index (χ1v) is 9.72. The van der Waals surface area contributed by atoms with Gasteiger partial charge in [-0.25, -0.2) is 8.42 Å². The number of carbonyl (C=O) groups is 1. The maximum absolute atomic E-state index is 12.9. The molecule has 0 radical (unpaired) electrons. The van der Waals surface area contributed by atoms with Gasteiger partial charge in [0.2, 0.25) is 15.9 Å². The normalized spacial score (nSPS) is 13.4. The van der Waals surface area contributed by atoms with Crippen LogP contribution >= 0.6 is 11.6 Å². The third-order valence-electron chi connectivity index (χ3n) is 3.36. The molecular weight excluding hydrogens is 381 g/mol. The van der Waals surface area contributed by atoms with Crippen molar-refractivity contribution >= 4 is 33.2 Å². The van der Waals surface area contributed by atoms with E-state index in [4.69, 9.17) is 11.6 Å². The highest BCUT2D eigenvalue weighted by atomic mass is 35.5. The molecule has 1 atom stereocenters. The van der Waals surface area contributed by atoms with Crippen molar-refractivity contribution in [2.75, 3.05) is 17.1 Å². The minimum atomic E-state index is -4.67. The summed E-state index contributed by atoms with van der Waals surface area (Å²) in [6, 6.07) is 2.13. The highest BCUT2D eigenvalue weighted by Crippen LogP contribution is 2.36. The Bertz CT molecular complexity index is 723. The first-order chi connectivity index (χ1) is 11.4. The highest BCUT2D eigenvalue weighted by Gasteiger charge is 2.33. The molecule has 10 heteroatoms. The first-order valence-electron chi connectivity index (χ1n) is 7.50. The number of rotatable bonds is 7. The molecule has 25 heavy (non-hydrogen) atoms. The van der Waals surface area contributed by atoms with E-state index in [1.165, 1.54) is 0 Å². The number of halogens is 4. The molecule has 1 rings (SSSR count). The Kier molecular flexibility index (Phi) is 7.13. The van der Waals surface area contributed by atoms with Crippen LogP contribution in [-0.4, -0.2) is 33.2 Å². The van der Waals surface area contributed by atoms with Gasteiger partial charge in [0, 0.05) is 6.04 Å². The van der Waals surface area contributed by atoms with E-state index >= 15 is 0 Å². The molecule has 142 valence electrons. The monoisotopic (exact) mass is 400 g/mol. The molecule has 0 aliphatic rings. The van der Waals surface area contributed by atoms with Crippen molar-refractivity contribution in [3.8, 4) is 0 Å². The van der Waals surface area contributed by atoms with Crippen LogP contribution in [0.3, 0.4) is 0 Å². The number of hydrogen-bond acceptors (Lipinski definition) is 3. The summed E-state index contributed by atoms with van der Waals surface area (Å²) in [4.78, 5) is 12.1. The summed E-state index contributed by atoms with van der Waals surface area (Å²) in [5, 5.41) is 2.41. The number of carbonyl (C=O) groups excluding carboxylic acids is 1. The number of nitrogens with zero attached hydrogens (tertiary/aromatic N) is 1. The van der Waals surface area contributed by atoms with Crippen LogP contribution in [0.4, 0.5) is 18.9 Å². The van der Waals surface area contributed by atoms with Crippen molar-refractivity contribution in [1.29, 1.82) is 0 Å². The van der Waals surface area contributed by atoms with E-state index < -0.39 is 39.9 Å². The van der Waals surface area contributed by atoms with Gasteiger partial charge in [0.1, 0.15) is 6.54 Å². The standard InChI is InChI=1S/C15H20ClF3N2O3S/c1-4-5-10(2)20-14(22)9-21(25(3,23)24)13-8-11(15(17,18)19)6-7-12(13)16/h6-8,10H,4-5,9H2,1-3H3,(H,20,22)/t10-/m0/s1. The van der Waals surface area contributed by atoms with Crippen LogP contribution in [0.5, 0.6) is 0 Å². The van der Waals surface area contributed by atoms with E-state index in [2.05, 4.69) is 5.32 Å². The molecule has 1 aromatic carbocycles. The zero-order chi connectivity index (χ0) is 19.4. The Morgan fingerprint density at radius 3 is 2.44 bits per heavy atom. The molecule has 1 N–H and O–H groups in total. The van der Waals surface area contributed by atoms with E-state index in [1.807, 2.05) is 6.92 Å². The number of benzene rings is 1. The van der Waals surface area contributed by atoms with Crippen molar-refractivity contribution in [1.82, 2.24) is 5.32 Å². The van der Waals surface area contributed by atoms with Gasteiger partial charge in [-0.3, -0.25) is 9.10 Å². The minimum Gasteiger partial charge on any atom is -0.352 e. The van der Waals surface area contributed by atoms with E-state index in [-0.39, 0.29) is 11.1 Å². The lowest BCUT2D eigenvalue weighted by Crippen LogP contribution is -2.43. The zero-order valence-corrected chi connectivity index (χ0v) is 15.6. The topological polar surface area (TPSA) is 66.5 Å². The fraction of sp³-hybridized carbons (Fsp3) is 0.533. The summed E-state index contributed by atoms with van der Waals surface area (Å²) in [7, 11) is -4.03. The molecule has 0 aliphatic heterocycles. The van der Waals surface area contributed by atoms with Gasteiger partial charge in [0.25, 0.3) is 0 Å². The van der Waals surface area contributed by atoms with E-state index in [9.17, 15) is 26.4 Å². The Labute approximate surface area is 150 Å². The Hall–Kier alpha value is -1.48. The van der Waals surface area contributed by atoms with Gasteiger partial charge in [-0.2, -0.15) is 13.2 Å². The third-order valence-corrected chi connectivity index (χ3v) is 4.80. The molecule has 0 heterocycles. The molecule has 1 amide bonds. The number of anilines is 1. The number of amides is 1. The third kappa shape index (κ3) is 6.39. The van der Waals surface area contributed by atoms with Crippen molar-refractivity contribution < 1.29 is 26.4 Å². The maximum Gasteiger partial charge on any atom is 0.416 e. The van der Waals surface area contributed by atoms with E-state index in [0.717, 1.165) is 24.8 Å². The molecule has 0 spiro atoms. The second kappa shape index (κ2) is 8.27. The fourth-order valence-electron chi connectivity index (χ4n) is 2.22. The average molecular weight is 401 g/mol. The lowest BCUT2D eigenvalue weighted by molar-refractivity contribution is -0.137. The van der Waals surface area contributed by atoms with Crippen LogP contribution in [-0.2, 0) is 21.0 Å². The molecule has 0 saturated heterocycles. The summed E-state index contributed by atoms with van der Waals surface area (Å²) >= 11 is 5.88. The smallest absolute Gasteiger partial charge is 0.352 e. The molecule has 0 unspecified atom stereocenters. The van der Waals surface area contributed by atoms with Crippen LogP contribution in [0, 0.1) is 0 Å². The van der Waals surface area contributed by atoms with Crippen LogP contribution in [0.15, 0.2) is 18.2 Å². The van der Waals surface area contributed by atoms with Crippen molar-refractivity contribution in [3.05, 3.63) is 28.8 Å². The SMILES string of the molecule is CCC[C@H](C)NC(=O)CN(c1cc(C(F)(F)F)ccc1Cl)S(C)(=O)=O. The average Bonchev–Trinajstić information content (AvgIpc) is 2.43. The molecule has 0 fully saturated rings. The van der Waals surface area contributed by atoms with Crippen LogP contribution in [0.2, 0.25) is 5.02 Å². The fourth-order valence-corrected chi connectivity index (χ4v) is 3.35. The number of alkyl halides is 3. The predicted octanol–water partition coefficient (Wildman–Crippen LogP) is 3.43. The van der Waals surface area contributed by atoms with Crippen LogP contribution in [0.1, 0.15) is 32.3 Å². The first kappa shape index (κ1) is 21.6. The van der Waals surface area contributed by atoms with Crippen molar-refractivity contribution in [2.24, 2.45) is 0 Å². The molecular formula is C15H20ClF3N2O3S. The number of nitrogens with one attached hydrogen (secondary N) is 1. The number of sulfonamides is 1. The Morgan fingerprint density at radius 2 is 1.96 bits per heavy atom.